The van der Waals surface area contributed by atoms with Gasteiger partial charge in [0.1, 0.15) is 7.14 Å². The van der Waals surface area contributed by atoms with Crippen molar-refractivity contribution in [2.45, 2.75) is 84.2 Å². The first-order valence-corrected chi connectivity index (χ1v) is 16.1. The van der Waals surface area contributed by atoms with Gasteiger partial charge in [0.2, 0.25) is 0 Å². The van der Waals surface area contributed by atoms with Crippen LogP contribution in [0.2, 0.25) is 0 Å². The lowest BCUT2D eigenvalue weighted by molar-refractivity contribution is 0.235. The molecule has 37 heavy (non-hydrogen) atoms. The summed E-state index contributed by atoms with van der Waals surface area (Å²) in [5, 5.41) is 4.96. The Kier molecular flexibility index (Phi) is 9.15. The third-order valence-electron chi connectivity index (χ3n) is 8.65. The highest BCUT2D eigenvalue weighted by Gasteiger charge is 2.49. The van der Waals surface area contributed by atoms with Crippen molar-refractivity contribution < 1.29 is 4.57 Å². The molecule has 3 aromatic rings. The van der Waals surface area contributed by atoms with Gasteiger partial charge in [0, 0.05) is 17.0 Å². The van der Waals surface area contributed by atoms with E-state index in [4.69, 9.17) is 0 Å². The third kappa shape index (κ3) is 6.13. The Bertz CT molecular complexity index is 1160. The molecule has 1 unspecified atom stereocenters. The van der Waals surface area contributed by atoms with Gasteiger partial charge in [0.25, 0.3) is 0 Å². The SMILES string of the molecule is CC(C)c1ccc([C@@H](N[C@H](C)c2ccccc2)[P@](=O)(c2ccccc2)C2C[C@H](C)CC[C@H]2C(C)C)cc1. The molecule has 4 rings (SSSR count). The molecule has 1 saturated carbocycles. The molecule has 1 aliphatic carbocycles. The Morgan fingerprint density at radius 3 is 1.86 bits per heavy atom. The normalized spacial score (nSPS) is 23.5. The van der Waals surface area contributed by atoms with Crippen molar-refractivity contribution in [3.63, 3.8) is 0 Å². The highest BCUT2D eigenvalue weighted by molar-refractivity contribution is 7.72. The number of hydrogen-bond acceptors (Lipinski definition) is 2. The minimum absolute atomic E-state index is 0.0755. The summed E-state index contributed by atoms with van der Waals surface area (Å²) in [5.41, 5.74) is 3.84. The standard InChI is InChI=1S/C34H46NOP/c1-24(2)28-18-20-30(21-19-28)34(35-27(6)29-13-9-7-10-14-29)37(36,31-15-11-8-12-16-31)33-23-26(5)17-22-32(33)25(3)4/h7-16,18-21,24-27,32-35H,17,22-23H2,1-6H3/t26-,27-,32+,33?,34+,37+/m1/s1. The molecule has 0 saturated heterocycles. The summed E-state index contributed by atoms with van der Waals surface area (Å²) in [4.78, 5) is 0. The second kappa shape index (κ2) is 12.1. The van der Waals surface area contributed by atoms with Crippen LogP contribution >= 0.6 is 7.14 Å². The van der Waals surface area contributed by atoms with Crippen LogP contribution < -0.4 is 10.6 Å². The van der Waals surface area contributed by atoms with Gasteiger partial charge in [0.05, 0.1) is 5.78 Å². The molecule has 0 aromatic heterocycles. The van der Waals surface area contributed by atoms with Crippen LogP contribution in [-0.4, -0.2) is 5.66 Å². The lowest BCUT2D eigenvalue weighted by atomic mass is 9.77. The van der Waals surface area contributed by atoms with E-state index in [1.807, 2.05) is 6.07 Å². The predicted molar refractivity (Wildman–Crippen MR) is 160 cm³/mol. The lowest BCUT2D eigenvalue weighted by Gasteiger charge is -2.45. The van der Waals surface area contributed by atoms with Gasteiger partial charge in [-0.15, -0.1) is 0 Å². The molecule has 0 spiro atoms. The number of hydrogen-bond donors (Lipinski definition) is 1. The Labute approximate surface area is 225 Å². The first-order valence-electron chi connectivity index (χ1n) is 14.3. The Hall–Kier alpha value is -2.15. The van der Waals surface area contributed by atoms with Crippen molar-refractivity contribution in [1.29, 1.82) is 0 Å². The highest BCUT2D eigenvalue weighted by atomic mass is 31.2. The second-order valence-electron chi connectivity index (χ2n) is 12.0. The maximum absolute atomic E-state index is 16.1. The summed E-state index contributed by atoms with van der Waals surface area (Å²) >= 11 is 0. The van der Waals surface area contributed by atoms with Crippen molar-refractivity contribution >= 4 is 12.4 Å². The number of nitrogens with one attached hydrogen (secondary N) is 1. The molecule has 3 aromatic carbocycles. The molecular weight excluding hydrogens is 469 g/mol. The van der Waals surface area contributed by atoms with E-state index in [2.05, 4.69) is 126 Å². The molecule has 3 heteroatoms. The average Bonchev–Trinajstić information content (AvgIpc) is 2.92. The third-order valence-corrected chi connectivity index (χ3v) is 12.5. The van der Waals surface area contributed by atoms with Crippen molar-refractivity contribution in [3.05, 3.63) is 102 Å². The fourth-order valence-electron chi connectivity index (χ4n) is 6.35. The fourth-order valence-corrected chi connectivity index (χ4v) is 10.8. The van der Waals surface area contributed by atoms with Crippen molar-refractivity contribution in [1.82, 2.24) is 5.32 Å². The van der Waals surface area contributed by atoms with E-state index in [0.29, 0.717) is 23.7 Å². The van der Waals surface area contributed by atoms with Crippen LogP contribution in [0.4, 0.5) is 0 Å². The van der Waals surface area contributed by atoms with Crippen LogP contribution in [0.3, 0.4) is 0 Å². The van der Waals surface area contributed by atoms with Crippen LogP contribution in [0.25, 0.3) is 0 Å². The van der Waals surface area contributed by atoms with E-state index < -0.39 is 7.14 Å². The molecule has 0 radical (unpaired) electrons. The summed E-state index contributed by atoms with van der Waals surface area (Å²) < 4.78 is 16.1. The van der Waals surface area contributed by atoms with Gasteiger partial charge in [-0.1, -0.05) is 126 Å². The molecule has 0 bridgehead atoms. The van der Waals surface area contributed by atoms with Gasteiger partial charge >= 0.3 is 0 Å². The first-order chi connectivity index (χ1) is 17.7. The zero-order chi connectivity index (χ0) is 26.6. The van der Waals surface area contributed by atoms with Crippen LogP contribution in [0.5, 0.6) is 0 Å². The van der Waals surface area contributed by atoms with Crippen molar-refractivity contribution in [2.75, 3.05) is 0 Å². The van der Waals surface area contributed by atoms with Gasteiger partial charge in [0.15, 0.2) is 0 Å². The van der Waals surface area contributed by atoms with E-state index in [-0.39, 0.29) is 17.5 Å². The largest absolute Gasteiger partial charge is 0.316 e. The van der Waals surface area contributed by atoms with Crippen LogP contribution in [0.15, 0.2) is 84.9 Å². The molecule has 198 valence electrons. The fraction of sp³-hybridized carbons (Fsp3) is 0.471. The molecule has 1 aliphatic rings. The number of rotatable bonds is 9. The van der Waals surface area contributed by atoms with Gasteiger partial charge < -0.3 is 4.57 Å². The van der Waals surface area contributed by atoms with E-state index in [1.54, 1.807) is 0 Å². The average molecular weight is 516 g/mol. The summed E-state index contributed by atoms with van der Waals surface area (Å²) in [6, 6.07) is 30.0. The van der Waals surface area contributed by atoms with Gasteiger partial charge in [-0.3, -0.25) is 5.32 Å². The predicted octanol–water partition coefficient (Wildman–Crippen LogP) is 9.31. The molecular formula is C34H46NOP. The maximum atomic E-state index is 16.1. The summed E-state index contributed by atoms with van der Waals surface area (Å²) in [5.74, 6) is 1.77. The molecule has 0 amide bonds. The van der Waals surface area contributed by atoms with Gasteiger partial charge in [-0.2, -0.15) is 0 Å². The first kappa shape index (κ1) is 27.9. The van der Waals surface area contributed by atoms with Crippen LogP contribution in [0, 0.1) is 17.8 Å². The molecule has 2 nitrogen and oxygen atoms in total. The molecule has 0 heterocycles. The van der Waals surface area contributed by atoms with Gasteiger partial charge in [-0.05, 0) is 60.1 Å². The maximum Gasteiger partial charge on any atom is 0.139 e. The minimum atomic E-state index is -2.95. The second-order valence-corrected chi connectivity index (χ2v) is 15.1. The summed E-state index contributed by atoms with van der Waals surface area (Å²) in [6.45, 7) is 13.7. The Morgan fingerprint density at radius 1 is 0.730 bits per heavy atom. The van der Waals surface area contributed by atoms with Crippen molar-refractivity contribution in [2.24, 2.45) is 17.8 Å². The topological polar surface area (TPSA) is 29.1 Å². The molecule has 1 N–H and O–H groups in total. The zero-order valence-electron chi connectivity index (χ0n) is 23.6. The number of benzene rings is 3. The lowest BCUT2D eigenvalue weighted by Crippen LogP contribution is -2.39. The highest BCUT2D eigenvalue weighted by Crippen LogP contribution is 2.66. The van der Waals surface area contributed by atoms with E-state index in [1.165, 1.54) is 17.5 Å². The Morgan fingerprint density at radius 2 is 1.30 bits per heavy atom. The Balaban J connectivity index is 1.89. The monoisotopic (exact) mass is 515 g/mol. The van der Waals surface area contributed by atoms with Crippen molar-refractivity contribution in [3.8, 4) is 0 Å². The van der Waals surface area contributed by atoms with E-state index in [9.17, 15) is 0 Å². The van der Waals surface area contributed by atoms with Crippen LogP contribution in [-0.2, 0) is 4.57 Å². The smallest absolute Gasteiger partial charge is 0.139 e. The van der Waals surface area contributed by atoms with Gasteiger partial charge in [-0.25, -0.2) is 0 Å². The molecule has 6 atom stereocenters. The molecule has 0 aliphatic heterocycles. The van der Waals surface area contributed by atoms with E-state index in [0.717, 1.165) is 23.7 Å². The van der Waals surface area contributed by atoms with Crippen LogP contribution in [0.1, 0.15) is 95.2 Å². The molecule has 1 fully saturated rings. The van der Waals surface area contributed by atoms with E-state index >= 15 is 4.57 Å². The quantitative estimate of drug-likeness (QED) is 0.288. The zero-order valence-corrected chi connectivity index (χ0v) is 24.5. The minimum Gasteiger partial charge on any atom is -0.316 e. The summed E-state index contributed by atoms with van der Waals surface area (Å²) in [6.07, 6.45) is 3.42. The summed E-state index contributed by atoms with van der Waals surface area (Å²) in [7, 11) is -2.95.